The number of hydrogen-bond donors (Lipinski definition) is 2. The highest BCUT2D eigenvalue weighted by atomic mass is 19.2. The molecule has 2 N–H and O–H groups in total. The zero-order valence-electron chi connectivity index (χ0n) is 20.6. The number of carbonyl (C=O) groups excluding carboxylic acids is 2. The van der Waals surface area contributed by atoms with Crippen LogP contribution in [0.5, 0.6) is 0 Å². The zero-order chi connectivity index (χ0) is 26.0. The monoisotopic (exact) mass is 498 g/mol. The number of aromatic nitrogens is 4. The number of hydrogen-bond acceptors (Lipinski definition) is 6. The lowest BCUT2D eigenvalue weighted by Crippen LogP contribution is -2.54. The van der Waals surface area contributed by atoms with Gasteiger partial charge in [0.05, 0.1) is 48.7 Å². The Morgan fingerprint density at radius 2 is 1.94 bits per heavy atom. The Hall–Kier alpha value is -3.73. The number of rotatable bonds is 5. The molecule has 36 heavy (non-hydrogen) atoms. The molecule has 2 aromatic heterocycles. The molecule has 9 nitrogen and oxygen atoms in total. The van der Waals surface area contributed by atoms with Gasteiger partial charge in [-0.05, 0) is 30.5 Å². The van der Waals surface area contributed by atoms with Crippen molar-refractivity contribution in [3.63, 3.8) is 0 Å². The SMILES string of the molecule is Cc1cnc(CNC(=O)C(NC(=O)n2nc(-c3ccc(F)c(F)c3)c3c2CCOC3)C(C)(C)C)cn1. The maximum absolute atomic E-state index is 13.9. The van der Waals surface area contributed by atoms with Crippen LogP contribution in [-0.2, 0) is 29.1 Å². The molecule has 0 saturated heterocycles. The van der Waals surface area contributed by atoms with E-state index in [4.69, 9.17) is 4.74 Å². The van der Waals surface area contributed by atoms with Gasteiger partial charge in [-0.2, -0.15) is 9.78 Å². The average molecular weight is 499 g/mol. The third kappa shape index (κ3) is 5.40. The maximum Gasteiger partial charge on any atom is 0.343 e. The zero-order valence-corrected chi connectivity index (χ0v) is 20.6. The van der Waals surface area contributed by atoms with E-state index < -0.39 is 29.1 Å². The van der Waals surface area contributed by atoms with Crippen molar-refractivity contribution in [1.82, 2.24) is 30.4 Å². The van der Waals surface area contributed by atoms with Crippen LogP contribution >= 0.6 is 0 Å². The summed E-state index contributed by atoms with van der Waals surface area (Å²) in [6, 6.07) is 1.95. The lowest BCUT2D eigenvalue weighted by molar-refractivity contribution is -0.125. The highest BCUT2D eigenvalue weighted by Crippen LogP contribution is 2.30. The lowest BCUT2D eigenvalue weighted by Gasteiger charge is -2.30. The van der Waals surface area contributed by atoms with Crippen molar-refractivity contribution in [3.8, 4) is 11.3 Å². The van der Waals surface area contributed by atoms with Gasteiger partial charge < -0.3 is 15.4 Å². The molecule has 0 fully saturated rings. The van der Waals surface area contributed by atoms with Gasteiger partial charge in [-0.3, -0.25) is 14.8 Å². The topological polar surface area (TPSA) is 111 Å². The van der Waals surface area contributed by atoms with Gasteiger partial charge >= 0.3 is 6.03 Å². The highest BCUT2D eigenvalue weighted by molar-refractivity contribution is 5.89. The fraction of sp³-hybridized carbons (Fsp3) is 0.400. The molecular weight excluding hydrogens is 470 g/mol. The molecule has 3 aromatic rings. The number of halogens is 2. The van der Waals surface area contributed by atoms with Crippen molar-refractivity contribution >= 4 is 11.9 Å². The summed E-state index contributed by atoms with van der Waals surface area (Å²) in [5, 5.41) is 10.0. The van der Waals surface area contributed by atoms with Gasteiger partial charge in [-0.25, -0.2) is 13.6 Å². The first-order chi connectivity index (χ1) is 17.0. The van der Waals surface area contributed by atoms with E-state index in [2.05, 4.69) is 25.7 Å². The lowest BCUT2D eigenvalue weighted by atomic mass is 9.86. The van der Waals surface area contributed by atoms with Gasteiger partial charge in [-0.1, -0.05) is 20.8 Å². The van der Waals surface area contributed by atoms with Gasteiger partial charge in [-0.15, -0.1) is 0 Å². The van der Waals surface area contributed by atoms with Gasteiger partial charge in [0.15, 0.2) is 11.6 Å². The average Bonchev–Trinajstić information content (AvgIpc) is 3.23. The minimum Gasteiger partial charge on any atom is -0.376 e. The number of nitrogens with one attached hydrogen (secondary N) is 2. The molecule has 1 aromatic carbocycles. The summed E-state index contributed by atoms with van der Waals surface area (Å²) in [5.41, 5.74) is 2.60. The number of nitrogens with zero attached hydrogens (tertiary/aromatic N) is 4. The predicted octanol–water partition coefficient (Wildman–Crippen LogP) is 3.29. The summed E-state index contributed by atoms with van der Waals surface area (Å²) in [5.74, 6) is -2.38. The minimum atomic E-state index is -1.01. The molecule has 11 heteroatoms. The molecule has 0 saturated carbocycles. The molecule has 190 valence electrons. The van der Waals surface area contributed by atoms with Gasteiger partial charge in [0.1, 0.15) is 6.04 Å². The van der Waals surface area contributed by atoms with E-state index in [0.29, 0.717) is 41.2 Å². The molecule has 0 radical (unpaired) electrons. The standard InChI is InChI=1S/C25H28F2N6O3/c1-14-10-29-16(11-28-14)12-30-23(34)22(25(2,3)4)31-24(35)33-20-7-8-36-13-17(20)21(32-33)15-5-6-18(26)19(27)9-15/h5-6,9-11,22H,7-8,12-13H2,1-4H3,(H,30,34)(H,31,35). The van der Waals surface area contributed by atoms with Crippen LogP contribution in [0.2, 0.25) is 0 Å². The van der Waals surface area contributed by atoms with Crippen molar-refractivity contribution in [3.05, 3.63) is 64.9 Å². The fourth-order valence-electron chi connectivity index (χ4n) is 3.93. The summed E-state index contributed by atoms with van der Waals surface area (Å²) < 4.78 is 34.1. The van der Waals surface area contributed by atoms with Crippen molar-refractivity contribution in [2.45, 2.75) is 53.3 Å². The van der Waals surface area contributed by atoms with Crippen molar-refractivity contribution in [2.75, 3.05) is 6.61 Å². The van der Waals surface area contributed by atoms with Crippen LogP contribution in [0.25, 0.3) is 11.3 Å². The third-order valence-corrected chi connectivity index (χ3v) is 5.88. The second kappa shape index (κ2) is 10.1. The smallest absolute Gasteiger partial charge is 0.343 e. The minimum absolute atomic E-state index is 0.156. The highest BCUT2D eigenvalue weighted by Gasteiger charge is 2.35. The summed E-state index contributed by atoms with van der Waals surface area (Å²) in [6.45, 7) is 8.04. The predicted molar refractivity (Wildman–Crippen MR) is 127 cm³/mol. The normalized spacial score (nSPS) is 14.2. The number of ether oxygens (including phenoxy) is 1. The molecule has 0 bridgehead atoms. The molecule has 1 aliphatic rings. The summed E-state index contributed by atoms with van der Waals surface area (Å²) >= 11 is 0. The van der Waals surface area contributed by atoms with Crippen molar-refractivity contribution in [2.24, 2.45) is 5.41 Å². The molecule has 3 heterocycles. The van der Waals surface area contributed by atoms with E-state index in [1.165, 1.54) is 10.7 Å². The van der Waals surface area contributed by atoms with E-state index in [1.54, 1.807) is 12.4 Å². The Morgan fingerprint density at radius 3 is 2.61 bits per heavy atom. The van der Waals surface area contributed by atoms with Crippen LogP contribution in [0.4, 0.5) is 13.6 Å². The fourth-order valence-corrected chi connectivity index (χ4v) is 3.93. The Labute approximate surface area is 207 Å². The molecule has 1 aliphatic heterocycles. The molecule has 0 aliphatic carbocycles. The molecule has 1 atom stereocenters. The van der Waals surface area contributed by atoms with E-state index in [-0.39, 0.29) is 19.1 Å². The largest absolute Gasteiger partial charge is 0.376 e. The first-order valence-electron chi connectivity index (χ1n) is 11.5. The van der Waals surface area contributed by atoms with Crippen molar-refractivity contribution in [1.29, 1.82) is 0 Å². The Balaban J connectivity index is 1.58. The maximum atomic E-state index is 13.9. The molecule has 4 rings (SSSR count). The van der Waals surface area contributed by atoms with E-state index in [9.17, 15) is 18.4 Å². The molecular formula is C25H28F2N6O3. The van der Waals surface area contributed by atoms with Crippen LogP contribution in [0.15, 0.2) is 30.6 Å². The van der Waals surface area contributed by atoms with Crippen LogP contribution in [-0.4, -0.2) is 44.3 Å². The Bertz CT molecular complexity index is 1280. The number of aryl methyl sites for hydroxylation is 1. The van der Waals surface area contributed by atoms with Gasteiger partial charge in [0, 0.05) is 23.7 Å². The second-order valence-corrected chi connectivity index (χ2v) is 9.73. The first kappa shape index (κ1) is 25.4. The van der Waals surface area contributed by atoms with E-state index in [0.717, 1.165) is 17.8 Å². The van der Waals surface area contributed by atoms with Gasteiger partial charge in [0.2, 0.25) is 5.91 Å². The van der Waals surface area contributed by atoms with Crippen LogP contribution in [0.3, 0.4) is 0 Å². The quantitative estimate of drug-likeness (QED) is 0.559. The van der Waals surface area contributed by atoms with E-state index in [1.807, 2.05) is 27.7 Å². The molecule has 1 unspecified atom stereocenters. The number of carbonyl (C=O) groups is 2. The van der Waals surface area contributed by atoms with Crippen LogP contribution in [0, 0.1) is 24.0 Å². The summed E-state index contributed by atoms with van der Waals surface area (Å²) in [6.07, 6.45) is 3.59. The summed E-state index contributed by atoms with van der Waals surface area (Å²) in [7, 11) is 0. The van der Waals surface area contributed by atoms with Gasteiger partial charge in [0.25, 0.3) is 0 Å². The number of benzene rings is 1. The third-order valence-electron chi connectivity index (χ3n) is 5.88. The summed E-state index contributed by atoms with van der Waals surface area (Å²) in [4.78, 5) is 34.8. The second-order valence-electron chi connectivity index (χ2n) is 9.73. The Morgan fingerprint density at radius 1 is 1.17 bits per heavy atom. The van der Waals surface area contributed by atoms with E-state index >= 15 is 0 Å². The van der Waals surface area contributed by atoms with Crippen molar-refractivity contribution < 1.29 is 23.1 Å². The molecule has 2 amide bonds. The first-order valence-corrected chi connectivity index (χ1v) is 11.5. The van der Waals surface area contributed by atoms with Crippen LogP contribution in [0.1, 0.15) is 43.4 Å². The molecule has 0 spiro atoms. The number of fused-ring (bicyclic) bond motifs is 1. The number of amides is 2. The Kier molecular flexibility index (Phi) is 7.11. The van der Waals surface area contributed by atoms with Crippen LogP contribution < -0.4 is 10.6 Å².